The molecule has 1 aromatic rings. The van der Waals surface area contributed by atoms with Gasteiger partial charge in [0.2, 0.25) is 5.91 Å². The number of carbonyl (C=O) groups excluding carboxylic acids is 4. The summed E-state index contributed by atoms with van der Waals surface area (Å²) in [6, 6.07) is 2.46. The quantitative estimate of drug-likeness (QED) is 0.452. The lowest BCUT2D eigenvalue weighted by Crippen LogP contribution is -2.65. The Hall–Kier alpha value is -2.83. The molecule has 142 valence electrons. The molecule has 1 atom stereocenters. The van der Waals surface area contributed by atoms with E-state index in [1.807, 2.05) is 6.08 Å². The minimum absolute atomic E-state index is 0.144. The first-order valence-electron chi connectivity index (χ1n) is 9.21. The van der Waals surface area contributed by atoms with Crippen LogP contribution in [0.4, 0.5) is 4.79 Å². The van der Waals surface area contributed by atoms with Crippen LogP contribution < -0.4 is 0 Å². The number of hydrogen-bond acceptors (Lipinski definition) is 5. The highest BCUT2D eigenvalue weighted by Crippen LogP contribution is 2.40. The van der Waals surface area contributed by atoms with Crippen LogP contribution in [0.2, 0.25) is 0 Å². The Morgan fingerprint density at radius 1 is 1.19 bits per heavy atom. The molecule has 1 unspecified atom stereocenters. The molecular weight excluding hydrogens is 346 g/mol. The molecular formula is C20H23N3O4. The lowest BCUT2D eigenvalue weighted by atomic mass is 9.73. The largest absolute Gasteiger partial charge is 0.333 e. The Morgan fingerprint density at radius 3 is 2.52 bits per heavy atom. The van der Waals surface area contributed by atoms with Crippen molar-refractivity contribution in [1.29, 1.82) is 0 Å². The van der Waals surface area contributed by atoms with Gasteiger partial charge in [0.1, 0.15) is 5.41 Å². The summed E-state index contributed by atoms with van der Waals surface area (Å²) in [4.78, 5) is 57.4. The van der Waals surface area contributed by atoms with E-state index in [1.54, 1.807) is 26.0 Å². The van der Waals surface area contributed by atoms with Gasteiger partial charge in [-0.05, 0) is 57.2 Å². The van der Waals surface area contributed by atoms with E-state index in [0.717, 1.165) is 34.6 Å². The Labute approximate surface area is 158 Å². The van der Waals surface area contributed by atoms with E-state index < -0.39 is 35.6 Å². The SMILES string of the molecule is CCN1C(=O)N(CC(=O)c2cccnc2)C(=O)C(C)(C2=CCCCC2)C1=O. The van der Waals surface area contributed by atoms with Crippen molar-refractivity contribution in [3.63, 3.8) is 0 Å². The highest BCUT2D eigenvalue weighted by atomic mass is 16.2. The molecule has 2 heterocycles. The van der Waals surface area contributed by atoms with Gasteiger partial charge in [-0.3, -0.25) is 29.2 Å². The fourth-order valence-electron chi connectivity index (χ4n) is 3.70. The topological polar surface area (TPSA) is 87.7 Å². The summed E-state index contributed by atoms with van der Waals surface area (Å²) >= 11 is 0. The molecule has 1 aliphatic carbocycles. The number of barbiturate groups is 1. The van der Waals surface area contributed by atoms with Gasteiger partial charge in [0.25, 0.3) is 5.91 Å². The lowest BCUT2D eigenvalue weighted by Gasteiger charge is -2.43. The van der Waals surface area contributed by atoms with E-state index in [0.29, 0.717) is 12.0 Å². The van der Waals surface area contributed by atoms with E-state index in [4.69, 9.17) is 0 Å². The molecule has 1 fully saturated rings. The molecule has 0 N–H and O–H groups in total. The maximum atomic E-state index is 13.2. The van der Waals surface area contributed by atoms with E-state index >= 15 is 0 Å². The molecule has 7 heteroatoms. The van der Waals surface area contributed by atoms with Crippen LogP contribution in [0.5, 0.6) is 0 Å². The highest BCUT2D eigenvalue weighted by Gasteiger charge is 2.56. The van der Waals surface area contributed by atoms with Crippen LogP contribution >= 0.6 is 0 Å². The van der Waals surface area contributed by atoms with Crippen LogP contribution in [0.15, 0.2) is 36.2 Å². The number of aromatic nitrogens is 1. The molecule has 4 amide bonds. The Bertz CT molecular complexity index is 818. The van der Waals surface area contributed by atoms with Crippen molar-refractivity contribution in [2.75, 3.05) is 13.1 Å². The molecule has 1 aromatic heterocycles. The third kappa shape index (κ3) is 3.18. The second-order valence-electron chi connectivity index (χ2n) is 6.99. The number of allylic oxidation sites excluding steroid dienone is 1. The average Bonchev–Trinajstić information content (AvgIpc) is 2.71. The second-order valence-corrected chi connectivity index (χ2v) is 6.99. The number of imide groups is 2. The monoisotopic (exact) mass is 369 g/mol. The Balaban J connectivity index is 1.96. The number of Topliss-reactive ketones (excluding diaryl/α,β-unsaturated/α-hetero) is 1. The van der Waals surface area contributed by atoms with Crippen molar-refractivity contribution in [2.24, 2.45) is 5.41 Å². The summed E-state index contributed by atoms with van der Waals surface area (Å²) in [5, 5.41) is 0. The first kappa shape index (κ1) is 18.9. The van der Waals surface area contributed by atoms with E-state index in [1.165, 1.54) is 12.4 Å². The van der Waals surface area contributed by atoms with Crippen LogP contribution in [-0.4, -0.2) is 51.5 Å². The normalized spacial score (nSPS) is 23.5. The molecule has 1 aliphatic heterocycles. The Kier molecular flexibility index (Phi) is 5.21. The maximum absolute atomic E-state index is 13.2. The second kappa shape index (κ2) is 7.42. The van der Waals surface area contributed by atoms with Crippen LogP contribution in [-0.2, 0) is 9.59 Å². The standard InChI is InChI=1S/C20H23N3O4/c1-3-22-17(25)20(2,15-9-5-4-6-10-15)18(26)23(19(22)27)13-16(24)14-8-7-11-21-12-14/h7-9,11-12H,3-6,10,13H2,1-2H3. The molecule has 0 saturated carbocycles. The van der Waals surface area contributed by atoms with Crippen molar-refractivity contribution in [1.82, 2.24) is 14.8 Å². The molecule has 0 spiro atoms. The van der Waals surface area contributed by atoms with Gasteiger partial charge < -0.3 is 0 Å². The predicted molar refractivity (Wildman–Crippen MR) is 97.7 cm³/mol. The maximum Gasteiger partial charge on any atom is 0.333 e. The van der Waals surface area contributed by atoms with Crippen LogP contribution in [0.3, 0.4) is 0 Å². The molecule has 0 aromatic carbocycles. The van der Waals surface area contributed by atoms with Crippen LogP contribution in [0, 0.1) is 5.41 Å². The highest BCUT2D eigenvalue weighted by molar-refractivity contribution is 6.22. The van der Waals surface area contributed by atoms with Gasteiger partial charge in [0.05, 0.1) is 6.54 Å². The first-order chi connectivity index (χ1) is 12.9. The van der Waals surface area contributed by atoms with Crippen LogP contribution in [0.1, 0.15) is 49.9 Å². The zero-order chi connectivity index (χ0) is 19.6. The van der Waals surface area contributed by atoms with Crippen molar-refractivity contribution >= 4 is 23.6 Å². The third-order valence-corrected chi connectivity index (χ3v) is 5.34. The van der Waals surface area contributed by atoms with Gasteiger partial charge in [-0.15, -0.1) is 0 Å². The summed E-state index contributed by atoms with van der Waals surface area (Å²) in [5.41, 5.74) is -0.371. The molecule has 2 aliphatic rings. The van der Waals surface area contributed by atoms with Crippen molar-refractivity contribution in [3.05, 3.63) is 41.7 Å². The van der Waals surface area contributed by atoms with Gasteiger partial charge in [-0.25, -0.2) is 4.79 Å². The number of nitrogens with zero attached hydrogens (tertiary/aromatic N) is 3. The fraction of sp³-hybridized carbons (Fsp3) is 0.450. The number of urea groups is 1. The summed E-state index contributed by atoms with van der Waals surface area (Å²) in [6.45, 7) is 3.00. The van der Waals surface area contributed by atoms with E-state index in [9.17, 15) is 19.2 Å². The van der Waals surface area contributed by atoms with E-state index in [-0.39, 0.29) is 6.54 Å². The molecule has 27 heavy (non-hydrogen) atoms. The predicted octanol–water partition coefficient (Wildman–Crippen LogP) is 2.58. The summed E-state index contributed by atoms with van der Waals surface area (Å²) in [6.07, 6.45) is 8.23. The molecule has 3 rings (SSSR count). The van der Waals surface area contributed by atoms with Gasteiger partial charge in [0.15, 0.2) is 5.78 Å². The van der Waals surface area contributed by atoms with Crippen molar-refractivity contribution < 1.29 is 19.2 Å². The van der Waals surface area contributed by atoms with Gasteiger partial charge in [0, 0.05) is 24.5 Å². The van der Waals surface area contributed by atoms with E-state index in [2.05, 4.69) is 4.98 Å². The molecule has 0 bridgehead atoms. The number of pyridine rings is 1. The summed E-state index contributed by atoms with van der Waals surface area (Å²) in [7, 11) is 0. The van der Waals surface area contributed by atoms with Crippen molar-refractivity contribution in [2.45, 2.75) is 39.5 Å². The van der Waals surface area contributed by atoms with Gasteiger partial charge in [-0.1, -0.05) is 6.08 Å². The zero-order valence-electron chi connectivity index (χ0n) is 15.6. The van der Waals surface area contributed by atoms with Gasteiger partial charge >= 0.3 is 6.03 Å². The smallest absolute Gasteiger partial charge is 0.292 e. The van der Waals surface area contributed by atoms with Gasteiger partial charge in [-0.2, -0.15) is 0 Å². The average molecular weight is 369 g/mol. The Morgan fingerprint density at radius 2 is 1.93 bits per heavy atom. The first-order valence-corrected chi connectivity index (χ1v) is 9.21. The van der Waals surface area contributed by atoms with Crippen molar-refractivity contribution in [3.8, 4) is 0 Å². The minimum Gasteiger partial charge on any atom is -0.292 e. The summed E-state index contributed by atoms with van der Waals surface area (Å²) < 4.78 is 0. The fourth-order valence-corrected chi connectivity index (χ4v) is 3.70. The number of ketones is 1. The molecule has 7 nitrogen and oxygen atoms in total. The third-order valence-electron chi connectivity index (χ3n) is 5.34. The number of carbonyl (C=O) groups is 4. The number of hydrogen-bond donors (Lipinski definition) is 0. The zero-order valence-corrected chi connectivity index (χ0v) is 15.6. The summed E-state index contributed by atoms with van der Waals surface area (Å²) in [5.74, 6) is -1.51. The minimum atomic E-state index is -1.43. The lowest BCUT2D eigenvalue weighted by molar-refractivity contribution is -0.154. The molecule has 1 saturated heterocycles. The number of amides is 4. The van der Waals surface area contributed by atoms with Crippen LogP contribution in [0.25, 0.3) is 0 Å². The molecule has 0 radical (unpaired) electrons. The number of rotatable bonds is 5.